The fraction of sp³-hybridized carbons (Fsp3) is 0.143. The normalized spacial score (nSPS) is 10.7. The van der Waals surface area contributed by atoms with Crippen molar-refractivity contribution in [3.8, 4) is 11.1 Å². The topological polar surface area (TPSA) is 12.0 Å². The van der Waals surface area contributed by atoms with Crippen LogP contribution in [0.25, 0.3) is 11.1 Å². The highest BCUT2D eigenvalue weighted by Gasteiger charge is 2.07. The second kappa shape index (κ2) is 6.48. The van der Waals surface area contributed by atoms with E-state index >= 15 is 0 Å². The summed E-state index contributed by atoms with van der Waals surface area (Å²) in [7, 11) is 0. The fourth-order valence-electron chi connectivity index (χ4n) is 2.68. The average Bonchev–Trinajstić information content (AvgIpc) is 2.56. The van der Waals surface area contributed by atoms with Crippen molar-refractivity contribution < 1.29 is 0 Å². The first-order valence-corrected chi connectivity index (χ1v) is 7.75. The molecule has 0 atom stereocenters. The van der Waals surface area contributed by atoms with Gasteiger partial charge in [0.05, 0.1) is 0 Å². The molecular formula is C21H21N. The Morgan fingerprint density at radius 2 is 1.23 bits per heavy atom. The SMILES string of the molecule is CC(C)c1ccccc1-c1ccc(Nc2ccccc2)cc1. The Hall–Kier alpha value is -2.54. The zero-order valence-electron chi connectivity index (χ0n) is 13.1. The predicted octanol–water partition coefficient (Wildman–Crippen LogP) is 6.22. The van der Waals surface area contributed by atoms with Crippen molar-refractivity contribution >= 4 is 11.4 Å². The van der Waals surface area contributed by atoms with Gasteiger partial charge in [-0.25, -0.2) is 0 Å². The van der Waals surface area contributed by atoms with Crippen LogP contribution in [0.2, 0.25) is 0 Å². The number of hydrogen-bond acceptors (Lipinski definition) is 1. The van der Waals surface area contributed by atoms with Crippen LogP contribution in [0.4, 0.5) is 11.4 Å². The highest BCUT2D eigenvalue weighted by molar-refractivity contribution is 5.71. The van der Waals surface area contributed by atoms with E-state index < -0.39 is 0 Å². The standard InChI is InChI=1S/C21H21N/c1-16(2)20-10-6-7-11-21(20)17-12-14-19(15-13-17)22-18-8-4-3-5-9-18/h3-16,22H,1-2H3. The molecule has 0 unspecified atom stereocenters. The lowest BCUT2D eigenvalue weighted by molar-refractivity contribution is 0.869. The number of nitrogens with one attached hydrogen (secondary N) is 1. The van der Waals surface area contributed by atoms with Crippen molar-refractivity contribution in [2.75, 3.05) is 5.32 Å². The lowest BCUT2D eigenvalue weighted by atomic mass is 9.92. The van der Waals surface area contributed by atoms with Crippen LogP contribution in [0.5, 0.6) is 0 Å². The largest absolute Gasteiger partial charge is 0.356 e. The first-order valence-electron chi connectivity index (χ1n) is 7.75. The lowest BCUT2D eigenvalue weighted by Crippen LogP contribution is -1.93. The minimum absolute atomic E-state index is 0.526. The first-order chi connectivity index (χ1) is 10.7. The highest BCUT2D eigenvalue weighted by atomic mass is 14.9. The average molecular weight is 287 g/mol. The summed E-state index contributed by atoms with van der Waals surface area (Å²) in [5, 5.41) is 3.42. The van der Waals surface area contributed by atoms with Crippen molar-refractivity contribution in [3.63, 3.8) is 0 Å². The second-order valence-electron chi connectivity index (χ2n) is 5.81. The molecule has 3 aromatic carbocycles. The number of hydrogen-bond donors (Lipinski definition) is 1. The molecule has 0 bridgehead atoms. The van der Waals surface area contributed by atoms with Gasteiger partial charge in [0.2, 0.25) is 0 Å². The van der Waals surface area contributed by atoms with Gasteiger partial charge in [0.25, 0.3) is 0 Å². The molecule has 0 aliphatic heterocycles. The van der Waals surface area contributed by atoms with Crippen LogP contribution in [0.15, 0.2) is 78.9 Å². The fourth-order valence-corrected chi connectivity index (χ4v) is 2.68. The van der Waals surface area contributed by atoms with Gasteiger partial charge in [-0.2, -0.15) is 0 Å². The summed E-state index contributed by atoms with van der Waals surface area (Å²) >= 11 is 0. The van der Waals surface area contributed by atoms with Crippen LogP contribution in [-0.4, -0.2) is 0 Å². The molecule has 0 saturated carbocycles. The van der Waals surface area contributed by atoms with Gasteiger partial charge >= 0.3 is 0 Å². The summed E-state index contributed by atoms with van der Waals surface area (Å²) in [6, 6.07) is 27.5. The third-order valence-corrected chi connectivity index (χ3v) is 3.84. The van der Waals surface area contributed by atoms with Crippen LogP contribution in [0, 0.1) is 0 Å². The zero-order valence-corrected chi connectivity index (χ0v) is 13.1. The molecule has 22 heavy (non-hydrogen) atoms. The van der Waals surface area contributed by atoms with Crippen molar-refractivity contribution in [3.05, 3.63) is 84.4 Å². The Bertz CT molecular complexity index is 727. The summed E-state index contributed by atoms with van der Waals surface area (Å²) in [6.45, 7) is 4.48. The van der Waals surface area contributed by atoms with E-state index in [-0.39, 0.29) is 0 Å². The number of anilines is 2. The van der Waals surface area contributed by atoms with Crippen molar-refractivity contribution in [2.24, 2.45) is 0 Å². The lowest BCUT2D eigenvalue weighted by Gasteiger charge is -2.13. The van der Waals surface area contributed by atoms with E-state index in [0.717, 1.165) is 11.4 Å². The Labute approximate surface area is 132 Å². The van der Waals surface area contributed by atoms with E-state index in [1.807, 2.05) is 18.2 Å². The second-order valence-corrected chi connectivity index (χ2v) is 5.81. The van der Waals surface area contributed by atoms with E-state index in [4.69, 9.17) is 0 Å². The number of rotatable bonds is 4. The van der Waals surface area contributed by atoms with Gasteiger partial charge in [0.1, 0.15) is 0 Å². The molecule has 0 heterocycles. The van der Waals surface area contributed by atoms with Gasteiger partial charge in [-0.1, -0.05) is 68.4 Å². The smallest absolute Gasteiger partial charge is 0.0384 e. The molecule has 0 aromatic heterocycles. The summed E-state index contributed by atoms with van der Waals surface area (Å²) in [5.41, 5.74) is 6.20. The van der Waals surface area contributed by atoms with Crippen molar-refractivity contribution in [2.45, 2.75) is 19.8 Å². The van der Waals surface area contributed by atoms with E-state index in [0.29, 0.717) is 5.92 Å². The Morgan fingerprint density at radius 1 is 0.636 bits per heavy atom. The predicted molar refractivity (Wildman–Crippen MR) is 95.7 cm³/mol. The minimum atomic E-state index is 0.526. The van der Waals surface area contributed by atoms with Gasteiger partial charge < -0.3 is 5.32 Å². The van der Waals surface area contributed by atoms with E-state index in [1.165, 1.54) is 16.7 Å². The van der Waals surface area contributed by atoms with E-state index in [9.17, 15) is 0 Å². The maximum absolute atomic E-state index is 3.42. The monoisotopic (exact) mass is 287 g/mol. The van der Waals surface area contributed by atoms with Crippen LogP contribution < -0.4 is 5.32 Å². The maximum atomic E-state index is 3.42. The molecule has 0 radical (unpaired) electrons. The molecule has 0 aliphatic carbocycles. The van der Waals surface area contributed by atoms with Crippen LogP contribution in [-0.2, 0) is 0 Å². The third-order valence-electron chi connectivity index (χ3n) is 3.84. The Morgan fingerprint density at radius 3 is 1.91 bits per heavy atom. The molecule has 110 valence electrons. The molecule has 0 amide bonds. The number of benzene rings is 3. The van der Waals surface area contributed by atoms with Gasteiger partial charge in [-0.15, -0.1) is 0 Å². The van der Waals surface area contributed by atoms with Gasteiger partial charge in [0, 0.05) is 11.4 Å². The van der Waals surface area contributed by atoms with Crippen molar-refractivity contribution in [1.82, 2.24) is 0 Å². The molecule has 1 N–H and O–H groups in total. The highest BCUT2D eigenvalue weighted by Crippen LogP contribution is 2.30. The first kappa shape index (κ1) is 14.4. The van der Waals surface area contributed by atoms with Gasteiger partial charge in [0.15, 0.2) is 0 Å². The van der Waals surface area contributed by atoms with E-state index in [2.05, 4.69) is 79.8 Å². The van der Waals surface area contributed by atoms with Gasteiger partial charge in [-0.3, -0.25) is 0 Å². The third kappa shape index (κ3) is 3.20. The zero-order chi connectivity index (χ0) is 15.4. The molecule has 0 spiro atoms. The molecule has 0 aliphatic rings. The molecular weight excluding hydrogens is 266 g/mol. The molecule has 3 aromatic rings. The molecule has 1 nitrogen and oxygen atoms in total. The molecule has 0 saturated heterocycles. The number of para-hydroxylation sites is 1. The Kier molecular flexibility index (Phi) is 4.24. The summed E-state index contributed by atoms with van der Waals surface area (Å²) in [6.07, 6.45) is 0. The molecule has 3 rings (SSSR count). The van der Waals surface area contributed by atoms with E-state index in [1.54, 1.807) is 0 Å². The van der Waals surface area contributed by atoms with Crippen LogP contribution >= 0.6 is 0 Å². The summed E-state index contributed by atoms with van der Waals surface area (Å²) < 4.78 is 0. The van der Waals surface area contributed by atoms with Crippen LogP contribution in [0.1, 0.15) is 25.3 Å². The Balaban J connectivity index is 1.86. The minimum Gasteiger partial charge on any atom is -0.356 e. The van der Waals surface area contributed by atoms with Crippen LogP contribution in [0.3, 0.4) is 0 Å². The quantitative estimate of drug-likeness (QED) is 0.600. The molecule has 0 fully saturated rings. The van der Waals surface area contributed by atoms with Gasteiger partial charge in [-0.05, 0) is 46.9 Å². The summed E-state index contributed by atoms with van der Waals surface area (Å²) in [5.74, 6) is 0.526. The molecule has 1 heteroatoms. The maximum Gasteiger partial charge on any atom is 0.0384 e. The van der Waals surface area contributed by atoms with Crippen molar-refractivity contribution in [1.29, 1.82) is 0 Å². The summed E-state index contributed by atoms with van der Waals surface area (Å²) in [4.78, 5) is 0.